The van der Waals surface area contributed by atoms with E-state index >= 15 is 0 Å². The van der Waals surface area contributed by atoms with E-state index in [0.717, 1.165) is 38.6 Å². The molecule has 17 heavy (non-hydrogen) atoms. The first-order valence-electron chi connectivity index (χ1n) is 6.92. The fourth-order valence-corrected chi connectivity index (χ4v) is 4.51. The van der Waals surface area contributed by atoms with Crippen molar-refractivity contribution in [3.8, 4) is 0 Å². The van der Waals surface area contributed by atoms with Crippen LogP contribution < -0.4 is 5.32 Å². The molecule has 3 nitrogen and oxygen atoms in total. The molecule has 1 rings (SSSR count). The summed E-state index contributed by atoms with van der Waals surface area (Å²) >= 11 is 0. The highest BCUT2D eigenvalue weighted by Gasteiger charge is 2.31. The quantitative estimate of drug-likeness (QED) is 0.765. The van der Waals surface area contributed by atoms with Crippen LogP contribution in [0.1, 0.15) is 52.9 Å². The summed E-state index contributed by atoms with van der Waals surface area (Å²) in [6.45, 7) is 8.26. The molecule has 1 saturated heterocycles. The molecular formula is C13H27NO2S. The number of hydrogen-bond acceptors (Lipinski definition) is 3. The highest BCUT2D eigenvalue weighted by molar-refractivity contribution is 7.92. The second-order valence-electron chi connectivity index (χ2n) is 5.32. The third kappa shape index (κ3) is 3.68. The van der Waals surface area contributed by atoms with Crippen LogP contribution >= 0.6 is 0 Å². The van der Waals surface area contributed by atoms with E-state index in [0.29, 0.717) is 17.7 Å². The Kier molecular flexibility index (Phi) is 5.45. The SMILES string of the molecule is CCC(CC)(CC)CNCC1CCCS1(=O)=O. The summed E-state index contributed by atoms with van der Waals surface area (Å²) < 4.78 is 23.4. The van der Waals surface area contributed by atoms with Crippen LogP contribution in [0.15, 0.2) is 0 Å². The van der Waals surface area contributed by atoms with E-state index < -0.39 is 9.84 Å². The molecule has 1 heterocycles. The molecule has 0 aromatic carbocycles. The third-order valence-electron chi connectivity index (χ3n) is 4.58. The Balaban J connectivity index is 2.42. The maximum absolute atomic E-state index is 11.7. The fraction of sp³-hybridized carbons (Fsp3) is 1.00. The molecule has 1 unspecified atom stereocenters. The van der Waals surface area contributed by atoms with Crippen molar-refractivity contribution in [2.24, 2.45) is 5.41 Å². The largest absolute Gasteiger partial charge is 0.315 e. The summed E-state index contributed by atoms with van der Waals surface area (Å²) in [5, 5.41) is 3.26. The van der Waals surface area contributed by atoms with Crippen molar-refractivity contribution in [2.45, 2.75) is 58.1 Å². The lowest BCUT2D eigenvalue weighted by Crippen LogP contribution is -2.38. The number of hydrogen-bond donors (Lipinski definition) is 1. The van der Waals surface area contributed by atoms with Gasteiger partial charge in [0.2, 0.25) is 0 Å². The van der Waals surface area contributed by atoms with Crippen LogP contribution in [-0.2, 0) is 9.84 Å². The molecule has 0 aromatic rings. The van der Waals surface area contributed by atoms with Crippen molar-refractivity contribution in [1.82, 2.24) is 5.32 Å². The lowest BCUT2D eigenvalue weighted by Gasteiger charge is -2.31. The predicted molar refractivity (Wildman–Crippen MR) is 73.0 cm³/mol. The van der Waals surface area contributed by atoms with Crippen LogP contribution in [0.2, 0.25) is 0 Å². The molecule has 0 bridgehead atoms. The van der Waals surface area contributed by atoms with Crippen LogP contribution in [0.3, 0.4) is 0 Å². The molecule has 1 aliphatic rings. The number of rotatable bonds is 7. The van der Waals surface area contributed by atoms with E-state index in [9.17, 15) is 8.42 Å². The molecule has 102 valence electrons. The van der Waals surface area contributed by atoms with Crippen LogP contribution in [0.5, 0.6) is 0 Å². The summed E-state index contributed by atoms with van der Waals surface area (Å²) in [7, 11) is -2.79. The molecule has 0 saturated carbocycles. The Morgan fingerprint density at radius 2 is 1.76 bits per heavy atom. The van der Waals surface area contributed by atoms with E-state index in [4.69, 9.17) is 0 Å². The van der Waals surface area contributed by atoms with Gasteiger partial charge in [-0.2, -0.15) is 0 Å². The number of nitrogens with one attached hydrogen (secondary N) is 1. The molecule has 1 N–H and O–H groups in total. The smallest absolute Gasteiger partial charge is 0.154 e. The van der Waals surface area contributed by atoms with E-state index in [-0.39, 0.29) is 5.25 Å². The van der Waals surface area contributed by atoms with Crippen molar-refractivity contribution in [1.29, 1.82) is 0 Å². The van der Waals surface area contributed by atoms with Gasteiger partial charge in [0.05, 0.1) is 11.0 Å². The van der Waals surface area contributed by atoms with Crippen molar-refractivity contribution < 1.29 is 8.42 Å². The Morgan fingerprint density at radius 1 is 1.18 bits per heavy atom. The van der Waals surface area contributed by atoms with Crippen molar-refractivity contribution in [2.75, 3.05) is 18.8 Å². The van der Waals surface area contributed by atoms with Crippen LogP contribution in [-0.4, -0.2) is 32.5 Å². The van der Waals surface area contributed by atoms with E-state index in [1.807, 2.05) is 0 Å². The maximum Gasteiger partial charge on any atom is 0.154 e. The molecular weight excluding hydrogens is 234 g/mol. The van der Waals surface area contributed by atoms with Gasteiger partial charge < -0.3 is 5.32 Å². The summed E-state index contributed by atoms with van der Waals surface area (Å²) in [6, 6.07) is 0. The average Bonchev–Trinajstić information content (AvgIpc) is 2.65. The summed E-state index contributed by atoms with van der Waals surface area (Å²) in [4.78, 5) is 0. The van der Waals surface area contributed by atoms with Crippen molar-refractivity contribution in [3.63, 3.8) is 0 Å². The van der Waals surface area contributed by atoms with Crippen molar-refractivity contribution in [3.05, 3.63) is 0 Å². The standard InChI is InChI=1S/C13H27NO2S/c1-4-13(5-2,6-3)11-14-10-12-8-7-9-17(12,15)16/h12,14H,4-11H2,1-3H3. The molecule has 4 heteroatoms. The van der Waals surface area contributed by atoms with Crippen LogP contribution in [0.4, 0.5) is 0 Å². The lowest BCUT2D eigenvalue weighted by atomic mass is 9.80. The molecule has 1 atom stereocenters. The molecule has 0 aliphatic carbocycles. The second kappa shape index (κ2) is 6.19. The van der Waals surface area contributed by atoms with Gasteiger partial charge in [-0.15, -0.1) is 0 Å². The Morgan fingerprint density at radius 3 is 2.18 bits per heavy atom. The average molecular weight is 261 g/mol. The summed E-state index contributed by atoms with van der Waals surface area (Å²) in [5.74, 6) is 0.389. The van der Waals surface area contributed by atoms with Gasteiger partial charge in [0, 0.05) is 13.1 Å². The zero-order valence-corrected chi connectivity index (χ0v) is 12.3. The van der Waals surface area contributed by atoms with Crippen LogP contribution in [0.25, 0.3) is 0 Å². The first kappa shape index (κ1) is 15.0. The Hall–Kier alpha value is -0.0900. The van der Waals surface area contributed by atoms with E-state index in [1.54, 1.807) is 0 Å². The minimum absolute atomic E-state index is 0.134. The first-order valence-corrected chi connectivity index (χ1v) is 8.63. The first-order chi connectivity index (χ1) is 7.99. The van der Waals surface area contributed by atoms with Crippen LogP contribution in [0, 0.1) is 5.41 Å². The van der Waals surface area contributed by atoms with Gasteiger partial charge in [-0.1, -0.05) is 20.8 Å². The predicted octanol–water partition coefficient (Wildman–Crippen LogP) is 2.37. The Bertz CT molecular complexity index is 312. The molecule has 0 spiro atoms. The topological polar surface area (TPSA) is 46.2 Å². The Labute approximate surface area is 106 Å². The van der Waals surface area contributed by atoms with E-state index in [2.05, 4.69) is 26.1 Å². The maximum atomic E-state index is 11.7. The van der Waals surface area contributed by atoms with Gasteiger partial charge in [-0.05, 0) is 37.5 Å². The summed E-state index contributed by atoms with van der Waals surface area (Å²) in [5.41, 5.74) is 0.350. The zero-order valence-electron chi connectivity index (χ0n) is 11.5. The van der Waals surface area contributed by atoms with Gasteiger partial charge in [-0.25, -0.2) is 8.42 Å². The molecule has 0 amide bonds. The monoisotopic (exact) mass is 261 g/mol. The van der Waals surface area contributed by atoms with Gasteiger partial charge in [0.1, 0.15) is 0 Å². The zero-order chi connectivity index (χ0) is 12.9. The van der Waals surface area contributed by atoms with E-state index in [1.165, 1.54) is 0 Å². The van der Waals surface area contributed by atoms with Gasteiger partial charge in [0.25, 0.3) is 0 Å². The molecule has 0 radical (unpaired) electrons. The minimum atomic E-state index is -2.79. The highest BCUT2D eigenvalue weighted by Crippen LogP contribution is 2.29. The summed E-state index contributed by atoms with van der Waals surface area (Å²) in [6.07, 6.45) is 5.15. The molecule has 1 fully saturated rings. The molecule has 0 aromatic heterocycles. The normalized spacial score (nSPS) is 24.1. The highest BCUT2D eigenvalue weighted by atomic mass is 32.2. The molecule has 1 aliphatic heterocycles. The fourth-order valence-electron chi connectivity index (χ4n) is 2.71. The van der Waals surface area contributed by atoms with Crippen molar-refractivity contribution >= 4 is 9.84 Å². The number of sulfone groups is 1. The van der Waals surface area contributed by atoms with Gasteiger partial charge in [0.15, 0.2) is 9.84 Å². The lowest BCUT2D eigenvalue weighted by molar-refractivity contribution is 0.238. The van der Waals surface area contributed by atoms with Gasteiger partial charge in [-0.3, -0.25) is 0 Å². The van der Waals surface area contributed by atoms with Gasteiger partial charge >= 0.3 is 0 Å². The third-order valence-corrected chi connectivity index (χ3v) is 6.86. The minimum Gasteiger partial charge on any atom is -0.315 e. The second-order valence-corrected chi connectivity index (χ2v) is 7.72.